The van der Waals surface area contributed by atoms with Crippen molar-refractivity contribution in [1.29, 1.82) is 0 Å². The number of hydrogen-bond acceptors (Lipinski definition) is 2. The largest absolute Gasteiger partial charge is 0.365 e. The molecule has 0 aliphatic rings. The van der Waals surface area contributed by atoms with Gasteiger partial charge in [-0.25, -0.2) is 4.98 Å². The molecular formula is C20H17N3. The van der Waals surface area contributed by atoms with Crippen LogP contribution < -0.4 is 5.32 Å². The Morgan fingerprint density at radius 2 is 1.48 bits per heavy atom. The number of benzene rings is 2. The maximum absolute atomic E-state index is 4.80. The monoisotopic (exact) mass is 299 g/mol. The summed E-state index contributed by atoms with van der Waals surface area (Å²) in [5.74, 6) is 1.02. The molecule has 0 fully saturated rings. The van der Waals surface area contributed by atoms with Crippen LogP contribution in [0.1, 0.15) is 5.56 Å². The number of nitrogens with one attached hydrogen (secondary N) is 1. The fraction of sp³-hybridized carbons (Fsp3) is 0.0500. The molecule has 0 radical (unpaired) electrons. The summed E-state index contributed by atoms with van der Waals surface area (Å²) < 4.78 is 2.10. The predicted molar refractivity (Wildman–Crippen MR) is 94.4 cm³/mol. The first-order valence-corrected chi connectivity index (χ1v) is 7.72. The molecular weight excluding hydrogens is 282 g/mol. The minimum atomic E-state index is 0.767. The van der Waals surface area contributed by atoms with Crippen LogP contribution >= 0.6 is 0 Å². The van der Waals surface area contributed by atoms with Gasteiger partial charge in [-0.1, -0.05) is 66.7 Å². The molecule has 2 aromatic carbocycles. The quantitative estimate of drug-likeness (QED) is 0.596. The van der Waals surface area contributed by atoms with Gasteiger partial charge in [0.1, 0.15) is 17.2 Å². The van der Waals surface area contributed by atoms with Crippen LogP contribution in [0.5, 0.6) is 0 Å². The first kappa shape index (κ1) is 13.6. The molecule has 2 heterocycles. The van der Waals surface area contributed by atoms with Gasteiger partial charge in [0.15, 0.2) is 0 Å². The lowest BCUT2D eigenvalue weighted by atomic mass is 10.1. The van der Waals surface area contributed by atoms with Crippen LogP contribution in [0.25, 0.3) is 16.9 Å². The Labute approximate surface area is 135 Å². The molecule has 4 rings (SSSR count). The molecule has 0 bridgehead atoms. The summed E-state index contributed by atoms with van der Waals surface area (Å²) in [6.45, 7) is 0.767. The number of anilines is 1. The van der Waals surface area contributed by atoms with Crippen LogP contribution in [-0.2, 0) is 6.54 Å². The first-order valence-electron chi connectivity index (χ1n) is 7.72. The Balaban J connectivity index is 1.77. The van der Waals surface area contributed by atoms with Crippen LogP contribution in [0.15, 0.2) is 85.1 Å². The van der Waals surface area contributed by atoms with Gasteiger partial charge in [-0.2, -0.15) is 0 Å². The fourth-order valence-corrected chi connectivity index (χ4v) is 2.74. The lowest BCUT2D eigenvalue weighted by Gasteiger charge is -2.09. The summed E-state index contributed by atoms with van der Waals surface area (Å²) in [6, 6.07) is 26.8. The third-order valence-electron chi connectivity index (χ3n) is 3.88. The Kier molecular flexibility index (Phi) is 3.53. The van der Waals surface area contributed by atoms with Gasteiger partial charge in [-0.3, -0.25) is 4.40 Å². The molecule has 0 spiro atoms. The number of imidazole rings is 1. The zero-order valence-electron chi connectivity index (χ0n) is 12.7. The van der Waals surface area contributed by atoms with Crippen molar-refractivity contribution in [2.45, 2.75) is 6.54 Å². The number of rotatable bonds is 4. The van der Waals surface area contributed by atoms with Crippen LogP contribution in [0.3, 0.4) is 0 Å². The van der Waals surface area contributed by atoms with Crippen molar-refractivity contribution in [3.05, 3.63) is 90.6 Å². The average molecular weight is 299 g/mol. The van der Waals surface area contributed by atoms with E-state index in [1.165, 1.54) is 5.56 Å². The van der Waals surface area contributed by atoms with E-state index in [9.17, 15) is 0 Å². The Morgan fingerprint density at radius 3 is 2.26 bits per heavy atom. The lowest BCUT2D eigenvalue weighted by molar-refractivity contribution is 1.08. The molecule has 3 nitrogen and oxygen atoms in total. The maximum atomic E-state index is 4.80. The minimum Gasteiger partial charge on any atom is -0.365 e. The molecule has 3 heteroatoms. The second-order valence-corrected chi connectivity index (χ2v) is 5.44. The second kappa shape index (κ2) is 5.97. The van der Waals surface area contributed by atoms with Crippen LogP contribution in [0.2, 0.25) is 0 Å². The van der Waals surface area contributed by atoms with E-state index in [-0.39, 0.29) is 0 Å². The van der Waals surface area contributed by atoms with Crippen LogP contribution in [-0.4, -0.2) is 9.38 Å². The summed E-state index contributed by atoms with van der Waals surface area (Å²) in [4.78, 5) is 4.80. The Morgan fingerprint density at radius 1 is 0.783 bits per heavy atom. The zero-order valence-corrected chi connectivity index (χ0v) is 12.7. The second-order valence-electron chi connectivity index (χ2n) is 5.44. The van der Waals surface area contributed by atoms with E-state index in [1.54, 1.807) is 0 Å². The number of fused-ring (bicyclic) bond motifs is 1. The third-order valence-corrected chi connectivity index (χ3v) is 3.88. The molecule has 0 amide bonds. The predicted octanol–water partition coefficient (Wildman–Crippen LogP) is 4.61. The highest BCUT2D eigenvalue weighted by Gasteiger charge is 2.13. The first-order chi connectivity index (χ1) is 11.4. The maximum Gasteiger partial charge on any atom is 0.139 e. The number of nitrogens with zero attached hydrogens (tertiary/aromatic N) is 2. The van der Waals surface area contributed by atoms with E-state index in [4.69, 9.17) is 4.98 Å². The SMILES string of the molecule is c1ccc(CNc2c(-c3ccccc3)nc3ccccn23)cc1. The molecule has 1 N–H and O–H groups in total. The minimum absolute atomic E-state index is 0.767. The molecule has 0 unspecified atom stereocenters. The van der Waals surface area contributed by atoms with Gasteiger partial charge in [0.05, 0.1) is 0 Å². The van der Waals surface area contributed by atoms with E-state index < -0.39 is 0 Å². The average Bonchev–Trinajstić information content (AvgIpc) is 3.00. The van der Waals surface area contributed by atoms with Gasteiger partial charge >= 0.3 is 0 Å². The molecule has 4 aromatic rings. The molecule has 23 heavy (non-hydrogen) atoms. The highest BCUT2D eigenvalue weighted by atomic mass is 15.1. The summed E-state index contributed by atoms with van der Waals surface area (Å²) in [5, 5.41) is 3.55. The van der Waals surface area contributed by atoms with E-state index in [0.29, 0.717) is 0 Å². The molecule has 2 aromatic heterocycles. The van der Waals surface area contributed by atoms with E-state index in [1.807, 2.05) is 48.7 Å². The van der Waals surface area contributed by atoms with Gasteiger partial charge in [0.2, 0.25) is 0 Å². The topological polar surface area (TPSA) is 29.3 Å². The van der Waals surface area contributed by atoms with Crippen molar-refractivity contribution >= 4 is 11.5 Å². The number of aromatic nitrogens is 2. The molecule has 0 aliphatic heterocycles. The Bertz CT molecular complexity index is 911. The normalized spacial score (nSPS) is 10.8. The van der Waals surface area contributed by atoms with Crippen LogP contribution in [0, 0.1) is 0 Å². The van der Waals surface area contributed by atoms with Gasteiger partial charge in [-0.15, -0.1) is 0 Å². The number of hydrogen-bond donors (Lipinski definition) is 1. The van der Waals surface area contributed by atoms with Gasteiger partial charge in [0.25, 0.3) is 0 Å². The van der Waals surface area contributed by atoms with Crippen molar-refractivity contribution in [3.8, 4) is 11.3 Å². The van der Waals surface area contributed by atoms with Crippen LogP contribution in [0.4, 0.5) is 5.82 Å². The summed E-state index contributed by atoms with van der Waals surface area (Å²) >= 11 is 0. The number of pyridine rings is 1. The third kappa shape index (κ3) is 2.69. The molecule has 0 saturated carbocycles. The fourth-order valence-electron chi connectivity index (χ4n) is 2.74. The van der Waals surface area contributed by atoms with E-state index >= 15 is 0 Å². The van der Waals surface area contributed by atoms with Gasteiger partial charge < -0.3 is 5.32 Å². The summed E-state index contributed by atoms with van der Waals surface area (Å²) in [6.07, 6.45) is 2.04. The summed E-state index contributed by atoms with van der Waals surface area (Å²) in [7, 11) is 0. The highest BCUT2D eigenvalue weighted by molar-refractivity contribution is 5.76. The van der Waals surface area contributed by atoms with Crippen molar-refractivity contribution < 1.29 is 0 Å². The van der Waals surface area contributed by atoms with Crippen molar-refractivity contribution in [2.75, 3.05) is 5.32 Å². The molecule has 112 valence electrons. The Hall–Kier alpha value is -3.07. The van der Waals surface area contributed by atoms with E-state index in [2.05, 4.69) is 46.1 Å². The molecule has 0 saturated heterocycles. The van der Waals surface area contributed by atoms with Gasteiger partial charge in [-0.05, 0) is 17.7 Å². The summed E-state index contributed by atoms with van der Waals surface area (Å²) in [5.41, 5.74) is 4.29. The smallest absolute Gasteiger partial charge is 0.139 e. The highest BCUT2D eigenvalue weighted by Crippen LogP contribution is 2.28. The van der Waals surface area contributed by atoms with Crippen molar-refractivity contribution in [1.82, 2.24) is 9.38 Å². The van der Waals surface area contributed by atoms with Crippen molar-refractivity contribution in [2.24, 2.45) is 0 Å². The molecule has 0 aliphatic carbocycles. The van der Waals surface area contributed by atoms with Crippen molar-refractivity contribution in [3.63, 3.8) is 0 Å². The van der Waals surface area contributed by atoms with Gasteiger partial charge in [0, 0.05) is 18.3 Å². The zero-order chi connectivity index (χ0) is 15.5. The molecule has 0 atom stereocenters. The standard InChI is InChI=1S/C20H17N3/c1-3-9-16(10-4-1)15-21-20-19(17-11-5-2-6-12-17)22-18-13-7-8-14-23(18)20/h1-14,21H,15H2. The van der Waals surface area contributed by atoms with E-state index in [0.717, 1.165) is 29.3 Å². The lowest BCUT2D eigenvalue weighted by Crippen LogP contribution is -2.03.